The first-order valence-corrected chi connectivity index (χ1v) is 13.0. The average Bonchev–Trinajstić information content (AvgIpc) is 3.14. The number of carbonyl (C=O) groups is 1. The number of carbonyl (C=O) groups excluding carboxylic acids is 1. The van der Waals surface area contributed by atoms with Gasteiger partial charge in [-0.3, -0.25) is 9.69 Å². The molecular formula is C25H33N5O3S. The number of fused-ring (bicyclic) bond motifs is 1. The highest BCUT2D eigenvalue weighted by atomic mass is 32.2. The zero-order chi connectivity index (χ0) is 24.5. The first-order valence-electron chi connectivity index (χ1n) is 11.6. The molecule has 4 rings (SSSR count). The topological polar surface area (TPSA) is 78.8 Å². The number of benzene rings is 2. The van der Waals surface area contributed by atoms with Gasteiger partial charge in [-0.15, -0.1) is 0 Å². The van der Waals surface area contributed by atoms with Crippen LogP contribution in [-0.4, -0.2) is 78.3 Å². The van der Waals surface area contributed by atoms with Crippen LogP contribution in [0.2, 0.25) is 0 Å². The van der Waals surface area contributed by atoms with Crippen LogP contribution in [0.3, 0.4) is 0 Å². The zero-order valence-corrected chi connectivity index (χ0v) is 21.2. The Labute approximate surface area is 201 Å². The van der Waals surface area contributed by atoms with Gasteiger partial charge in [0.25, 0.3) is 0 Å². The maximum absolute atomic E-state index is 12.9. The van der Waals surface area contributed by atoms with Crippen LogP contribution in [0.25, 0.3) is 11.0 Å². The fraction of sp³-hybridized carbons (Fsp3) is 0.440. The number of piperazine rings is 1. The van der Waals surface area contributed by atoms with Crippen molar-refractivity contribution in [2.24, 2.45) is 7.05 Å². The predicted molar refractivity (Wildman–Crippen MR) is 133 cm³/mol. The van der Waals surface area contributed by atoms with E-state index >= 15 is 0 Å². The van der Waals surface area contributed by atoms with E-state index in [1.54, 1.807) is 18.2 Å². The molecule has 0 atom stereocenters. The molecule has 1 aliphatic rings. The number of aryl methyl sites for hydroxylation is 3. The third kappa shape index (κ3) is 5.01. The van der Waals surface area contributed by atoms with E-state index in [-0.39, 0.29) is 10.8 Å². The minimum Gasteiger partial charge on any atom is -0.340 e. The van der Waals surface area contributed by atoms with Gasteiger partial charge in [-0.1, -0.05) is 24.3 Å². The van der Waals surface area contributed by atoms with Crippen molar-refractivity contribution in [2.45, 2.75) is 31.2 Å². The van der Waals surface area contributed by atoms with E-state index < -0.39 is 10.0 Å². The number of hydrogen-bond acceptors (Lipinski definition) is 5. The molecule has 1 saturated heterocycles. The fourth-order valence-corrected chi connectivity index (χ4v) is 5.31. The van der Waals surface area contributed by atoms with E-state index in [9.17, 15) is 13.2 Å². The van der Waals surface area contributed by atoms with E-state index in [2.05, 4.69) is 41.1 Å². The van der Waals surface area contributed by atoms with E-state index in [4.69, 9.17) is 0 Å². The maximum Gasteiger partial charge on any atom is 0.242 e. The average molecular weight is 484 g/mol. The van der Waals surface area contributed by atoms with Crippen LogP contribution in [0.15, 0.2) is 47.4 Å². The van der Waals surface area contributed by atoms with Crippen LogP contribution in [0.4, 0.5) is 0 Å². The highest BCUT2D eigenvalue weighted by Crippen LogP contribution is 2.22. The van der Waals surface area contributed by atoms with Crippen molar-refractivity contribution in [2.75, 3.05) is 40.3 Å². The summed E-state index contributed by atoms with van der Waals surface area (Å²) in [7, 11) is 1.41. The van der Waals surface area contributed by atoms with Crippen LogP contribution in [0.5, 0.6) is 0 Å². The molecule has 182 valence electrons. The van der Waals surface area contributed by atoms with E-state index in [1.165, 1.54) is 29.5 Å². The Bertz CT molecular complexity index is 1290. The number of imidazole rings is 1. The van der Waals surface area contributed by atoms with Gasteiger partial charge in [-0.25, -0.2) is 17.7 Å². The minimum absolute atomic E-state index is 0.137. The number of aromatic nitrogens is 2. The van der Waals surface area contributed by atoms with Crippen LogP contribution in [0, 0.1) is 6.92 Å². The minimum atomic E-state index is -3.52. The summed E-state index contributed by atoms with van der Waals surface area (Å²) in [6.07, 6.45) is 0.904. The molecule has 0 bridgehead atoms. The summed E-state index contributed by atoms with van der Waals surface area (Å²) in [6, 6.07) is 13.4. The van der Waals surface area contributed by atoms with Crippen molar-refractivity contribution in [3.63, 3.8) is 0 Å². The molecule has 34 heavy (non-hydrogen) atoms. The molecule has 1 aromatic heterocycles. The molecule has 0 N–H and O–H groups in total. The Morgan fingerprint density at radius 1 is 1.06 bits per heavy atom. The van der Waals surface area contributed by atoms with Crippen LogP contribution < -0.4 is 0 Å². The van der Waals surface area contributed by atoms with Gasteiger partial charge < -0.3 is 9.47 Å². The summed E-state index contributed by atoms with van der Waals surface area (Å²) < 4.78 is 28.0. The third-order valence-corrected chi connectivity index (χ3v) is 8.48. The van der Waals surface area contributed by atoms with Crippen molar-refractivity contribution >= 4 is 27.0 Å². The van der Waals surface area contributed by atoms with Gasteiger partial charge in [0.15, 0.2) is 0 Å². The number of sulfonamides is 1. The second kappa shape index (κ2) is 9.85. The second-order valence-electron chi connectivity index (χ2n) is 9.11. The first-order chi connectivity index (χ1) is 16.2. The van der Waals surface area contributed by atoms with Gasteiger partial charge in [-0.2, -0.15) is 0 Å². The van der Waals surface area contributed by atoms with Gasteiger partial charge in [0.1, 0.15) is 5.82 Å². The van der Waals surface area contributed by atoms with Crippen molar-refractivity contribution in [3.05, 3.63) is 59.4 Å². The normalized spacial score (nSPS) is 15.4. The molecule has 3 aromatic rings. The van der Waals surface area contributed by atoms with E-state index in [0.29, 0.717) is 18.4 Å². The standard InChI is InChI=1S/C25H33N5O3S/c1-19-7-5-6-8-20(19)18-29-13-15-30(16-14-29)25(31)12-11-24-26-22-17-21(34(32,33)27(2)3)9-10-23(22)28(24)4/h5-10,17H,11-16,18H2,1-4H3. The molecule has 9 heteroatoms. The van der Waals surface area contributed by atoms with Gasteiger partial charge >= 0.3 is 0 Å². The number of nitrogens with zero attached hydrogens (tertiary/aromatic N) is 5. The van der Waals surface area contributed by atoms with Crippen molar-refractivity contribution in [1.29, 1.82) is 0 Å². The molecule has 1 fully saturated rings. The molecule has 1 aliphatic heterocycles. The number of amides is 1. The van der Waals surface area contributed by atoms with E-state index in [1.807, 2.05) is 16.5 Å². The summed E-state index contributed by atoms with van der Waals surface area (Å²) in [4.78, 5) is 22.1. The first kappa shape index (κ1) is 24.4. The van der Waals surface area contributed by atoms with Crippen LogP contribution in [0.1, 0.15) is 23.4 Å². The number of hydrogen-bond donors (Lipinski definition) is 0. The predicted octanol–water partition coefficient (Wildman–Crippen LogP) is 2.41. The van der Waals surface area contributed by atoms with Gasteiger partial charge in [0, 0.05) is 66.7 Å². The fourth-order valence-electron chi connectivity index (χ4n) is 4.39. The Morgan fingerprint density at radius 3 is 2.44 bits per heavy atom. The summed E-state index contributed by atoms with van der Waals surface area (Å²) in [6.45, 7) is 6.27. The van der Waals surface area contributed by atoms with Crippen molar-refractivity contribution in [3.8, 4) is 0 Å². The lowest BCUT2D eigenvalue weighted by Crippen LogP contribution is -2.48. The SMILES string of the molecule is Cc1ccccc1CN1CCN(C(=O)CCc2nc3cc(S(=O)(=O)N(C)C)ccc3n2C)CC1. The van der Waals surface area contributed by atoms with Crippen molar-refractivity contribution in [1.82, 2.24) is 23.7 Å². The van der Waals surface area contributed by atoms with Crippen LogP contribution in [-0.2, 0) is 34.8 Å². The van der Waals surface area contributed by atoms with Crippen LogP contribution >= 0.6 is 0 Å². The quantitative estimate of drug-likeness (QED) is 0.516. The van der Waals surface area contributed by atoms with E-state index in [0.717, 1.165) is 44.1 Å². The molecule has 8 nitrogen and oxygen atoms in total. The third-order valence-electron chi connectivity index (χ3n) is 6.67. The highest BCUT2D eigenvalue weighted by molar-refractivity contribution is 7.89. The Morgan fingerprint density at radius 2 is 1.76 bits per heavy atom. The lowest BCUT2D eigenvalue weighted by Gasteiger charge is -2.35. The smallest absolute Gasteiger partial charge is 0.242 e. The van der Waals surface area contributed by atoms with Gasteiger partial charge in [0.05, 0.1) is 15.9 Å². The molecule has 2 aromatic carbocycles. The number of rotatable bonds is 7. The Hall–Kier alpha value is -2.75. The Kier molecular flexibility index (Phi) is 7.06. The monoisotopic (exact) mass is 483 g/mol. The molecule has 0 aliphatic carbocycles. The largest absolute Gasteiger partial charge is 0.340 e. The molecule has 0 spiro atoms. The molecule has 0 saturated carbocycles. The molecular weight excluding hydrogens is 450 g/mol. The molecule has 2 heterocycles. The van der Waals surface area contributed by atoms with Gasteiger partial charge in [-0.05, 0) is 36.2 Å². The lowest BCUT2D eigenvalue weighted by atomic mass is 10.1. The maximum atomic E-state index is 12.9. The molecule has 0 radical (unpaired) electrons. The van der Waals surface area contributed by atoms with Crippen molar-refractivity contribution < 1.29 is 13.2 Å². The highest BCUT2D eigenvalue weighted by Gasteiger charge is 2.23. The summed E-state index contributed by atoms with van der Waals surface area (Å²) in [5.41, 5.74) is 4.11. The second-order valence-corrected chi connectivity index (χ2v) is 11.3. The van der Waals surface area contributed by atoms with Gasteiger partial charge in [0.2, 0.25) is 15.9 Å². The Balaban J connectivity index is 1.35. The molecule has 1 amide bonds. The zero-order valence-electron chi connectivity index (χ0n) is 20.4. The molecule has 0 unspecified atom stereocenters. The lowest BCUT2D eigenvalue weighted by molar-refractivity contribution is -0.133. The summed E-state index contributed by atoms with van der Waals surface area (Å²) in [5.74, 6) is 0.916. The summed E-state index contributed by atoms with van der Waals surface area (Å²) in [5, 5.41) is 0. The summed E-state index contributed by atoms with van der Waals surface area (Å²) >= 11 is 0.